The summed E-state index contributed by atoms with van der Waals surface area (Å²) in [5, 5.41) is 9.99. The van der Waals surface area contributed by atoms with E-state index in [0.29, 0.717) is 5.56 Å². The van der Waals surface area contributed by atoms with Gasteiger partial charge in [-0.05, 0) is 25.0 Å². The lowest BCUT2D eigenvalue weighted by Gasteiger charge is -2.09. The van der Waals surface area contributed by atoms with Gasteiger partial charge in [0.15, 0.2) is 5.75 Å². The number of esters is 1. The molecule has 104 valence electrons. The number of carbonyl (C=O) groups excluding carboxylic acids is 1. The highest BCUT2D eigenvalue weighted by Crippen LogP contribution is 2.28. The molecule has 0 radical (unpaired) electrons. The second-order valence-corrected chi connectivity index (χ2v) is 4.21. The molecule has 0 fully saturated rings. The van der Waals surface area contributed by atoms with E-state index in [4.69, 9.17) is 21.1 Å². The van der Waals surface area contributed by atoms with E-state index in [1.54, 1.807) is 13.0 Å². The van der Waals surface area contributed by atoms with Crippen LogP contribution in [0.5, 0.6) is 5.75 Å². The molecule has 0 N–H and O–H groups in total. The number of methoxy groups -OCH3 is 1. The molecule has 0 aromatic heterocycles. The van der Waals surface area contributed by atoms with Gasteiger partial charge in [-0.15, -0.1) is 11.6 Å². The second kappa shape index (κ2) is 6.94. The number of ether oxygens (including phenoxy) is 2. The summed E-state index contributed by atoms with van der Waals surface area (Å²) < 4.78 is 9.66. The van der Waals surface area contributed by atoms with E-state index in [2.05, 4.69) is 0 Å². The lowest BCUT2D eigenvalue weighted by molar-refractivity contribution is -0.385. The number of hydrogen-bond acceptors (Lipinski definition) is 5. The minimum absolute atomic E-state index is 0.158. The zero-order valence-corrected chi connectivity index (χ0v) is 11.3. The Balaban J connectivity index is 2.88. The molecule has 1 unspecified atom stereocenters. The molecule has 0 aliphatic heterocycles. The fraction of sp³-hybridized carbons (Fsp3) is 0.417. The summed E-state index contributed by atoms with van der Waals surface area (Å²) >= 11 is 5.87. The van der Waals surface area contributed by atoms with Gasteiger partial charge in [-0.3, -0.25) is 14.9 Å². The highest BCUT2D eigenvalue weighted by molar-refractivity contribution is 6.30. The topological polar surface area (TPSA) is 78.7 Å². The van der Waals surface area contributed by atoms with Crippen LogP contribution >= 0.6 is 11.6 Å². The van der Waals surface area contributed by atoms with Crippen LogP contribution in [0.4, 0.5) is 5.69 Å². The van der Waals surface area contributed by atoms with Crippen molar-refractivity contribution < 1.29 is 19.2 Å². The fourth-order valence-electron chi connectivity index (χ4n) is 1.53. The molecular weight excluding hydrogens is 274 g/mol. The maximum absolute atomic E-state index is 11.4. The molecule has 19 heavy (non-hydrogen) atoms. The Labute approximate surface area is 115 Å². The summed E-state index contributed by atoms with van der Waals surface area (Å²) in [6.45, 7) is 1.92. The molecule has 0 aliphatic carbocycles. The van der Waals surface area contributed by atoms with Crippen molar-refractivity contribution >= 4 is 23.3 Å². The van der Waals surface area contributed by atoms with E-state index in [0.717, 1.165) is 0 Å². The Bertz CT molecular complexity index is 477. The first-order chi connectivity index (χ1) is 8.99. The predicted octanol–water partition coefficient (Wildman–Crippen LogP) is 2.32. The summed E-state index contributed by atoms with van der Waals surface area (Å²) in [6.07, 6.45) is 0.158. The van der Waals surface area contributed by atoms with Crippen molar-refractivity contribution in [2.75, 3.05) is 13.7 Å². The average molecular weight is 288 g/mol. The highest BCUT2D eigenvalue weighted by atomic mass is 35.5. The first-order valence-corrected chi connectivity index (χ1v) is 6.05. The zero-order valence-electron chi connectivity index (χ0n) is 10.6. The first kappa shape index (κ1) is 15.2. The van der Waals surface area contributed by atoms with E-state index < -0.39 is 16.3 Å². The van der Waals surface area contributed by atoms with Crippen molar-refractivity contribution in [1.29, 1.82) is 0 Å². The Morgan fingerprint density at radius 1 is 1.53 bits per heavy atom. The van der Waals surface area contributed by atoms with Gasteiger partial charge in [-0.2, -0.15) is 0 Å². The Kier molecular flexibility index (Phi) is 5.57. The molecule has 1 rings (SSSR count). The van der Waals surface area contributed by atoms with Gasteiger partial charge < -0.3 is 9.47 Å². The molecule has 1 aromatic carbocycles. The number of nitro benzene ring substituents is 1. The minimum atomic E-state index is -0.868. The van der Waals surface area contributed by atoms with Crippen molar-refractivity contribution in [3.05, 3.63) is 33.9 Å². The van der Waals surface area contributed by atoms with Gasteiger partial charge in [0.1, 0.15) is 5.38 Å². The number of benzene rings is 1. The SMILES string of the molecule is CCOC(=O)C(Cl)Cc1ccc(OC)c([N+](=O)[O-])c1. The van der Waals surface area contributed by atoms with Crippen molar-refractivity contribution in [3.8, 4) is 5.75 Å². The number of alkyl halides is 1. The quantitative estimate of drug-likeness (QED) is 0.347. The molecule has 6 nitrogen and oxygen atoms in total. The molecule has 7 heteroatoms. The van der Waals surface area contributed by atoms with Gasteiger partial charge in [-0.1, -0.05) is 6.07 Å². The fourth-order valence-corrected chi connectivity index (χ4v) is 1.77. The standard InChI is InChI=1S/C12H14ClNO5/c1-3-19-12(15)9(13)6-8-4-5-11(18-2)10(7-8)14(16)17/h4-5,7,9H,3,6H2,1-2H3. The van der Waals surface area contributed by atoms with E-state index in [1.165, 1.54) is 19.2 Å². The third-order valence-electron chi connectivity index (χ3n) is 2.40. The smallest absolute Gasteiger partial charge is 0.324 e. The van der Waals surface area contributed by atoms with Crippen LogP contribution in [0.25, 0.3) is 0 Å². The Hall–Kier alpha value is -1.82. The van der Waals surface area contributed by atoms with Crippen LogP contribution in [0, 0.1) is 10.1 Å². The van der Waals surface area contributed by atoms with Crippen molar-refractivity contribution in [1.82, 2.24) is 0 Å². The molecule has 1 aromatic rings. The summed E-state index contributed by atoms with van der Waals surface area (Å²) in [4.78, 5) is 21.7. The lowest BCUT2D eigenvalue weighted by atomic mass is 10.1. The van der Waals surface area contributed by atoms with Crippen LogP contribution in [-0.4, -0.2) is 30.0 Å². The minimum Gasteiger partial charge on any atom is -0.490 e. The van der Waals surface area contributed by atoms with E-state index >= 15 is 0 Å². The lowest BCUT2D eigenvalue weighted by Crippen LogP contribution is -2.20. The van der Waals surface area contributed by atoms with Crippen LogP contribution in [0.2, 0.25) is 0 Å². The number of rotatable bonds is 6. The maximum atomic E-state index is 11.4. The number of hydrogen-bond donors (Lipinski definition) is 0. The van der Waals surface area contributed by atoms with Crippen molar-refractivity contribution in [2.45, 2.75) is 18.7 Å². The van der Waals surface area contributed by atoms with Gasteiger partial charge in [0.25, 0.3) is 0 Å². The molecule has 0 bridgehead atoms. The largest absolute Gasteiger partial charge is 0.490 e. The zero-order chi connectivity index (χ0) is 14.4. The summed E-state index contributed by atoms with van der Waals surface area (Å²) in [5.74, 6) is -0.376. The molecule has 0 spiro atoms. The van der Waals surface area contributed by atoms with Gasteiger partial charge in [0.05, 0.1) is 18.6 Å². The van der Waals surface area contributed by atoms with Crippen LogP contribution in [0.3, 0.4) is 0 Å². The normalized spacial score (nSPS) is 11.7. The van der Waals surface area contributed by atoms with E-state index in [9.17, 15) is 14.9 Å². The maximum Gasteiger partial charge on any atom is 0.324 e. The Morgan fingerprint density at radius 2 is 2.21 bits per heavy atom. The monoisotopic (exact) mass is 287 g/mol. The summed E-state index contributed by atoms with van der Waals surface area (Å²) in [5.41, 5.74) is 0.410. The predicted molar refractivity (Wildman–Crippen MR) is 69.6 cm³/mol. The molecule has 0 aliphatic rings. The third-order valence-corrected chi connectivity index (χ3v) is 2.73. The summed E-state index contributed by atoms with van der Waals surface area (Å²) in [7, 11) is 1.35. The number of nitrogens with zero attached hydrogens (tertiary/aromatic N) is 1. The highest BCUT2D eigenvalue weighted by Gasteiger charge is 2.20. The average Bonchev–Trinajstić information content (AvgIpc) is 2.38. The molecule has 0 saturated heterocycles. The third kappa shape index (κ3) is 4.10. The molecule has 1 atom stereocenters. The van der Waals surface area contributed by atoms with Crippen molar-refractivity contribution in [2.24, 2.45) is 0 Å². The van der Waals surface area contributed by atoms with Gasteiger partial charge in [0, 0.05) is 6.07 Å². The van der Waals surface area contributed by atoms with Crippen LogP contribution in [0.1, 0.15) is 12.5 Å². The van der Waals surface area contributed by atoms with E-state index in [1.807, 2.05) is 0 Å². The van der Waals surface area contributed by atoms with Crippen LogP contribution < -0.4 is 4.74 Å². The second-order valence-electron chi connectivity index (χ2n) is 3.69. The summed E-state index contributed by atoms with van der Waals surface area (Å²) in [6, 6.07) is 4.44. The van der Waals surface area contributed by atoms with E-state index in [-0.39, 0.29) is 24.5 Å². The van der Waals surface area contributed by atoms with Gasteiger partial charge >= 0.3 is 11.7 Å². The van der Waals surface area contributed by atoms with Gasteiger partial charge in [0.2, 0.25) is 0 Å². The molecule has 0 heterocycles. The number of halogens is 1. The number of nitro groups is 1. The molecule has 0 amide bonds. The Morgan fingerprint density at radius 3 is 2.74 bits per heavy atom. The van der Waals surface area contributed by atoms with Crippen LogP contribution in [-0.2, 0) is 16.0 Å². The van der Waals surface area contributed by atoms with Crippen LogP contribution in [0.15, 0.2) is 18.2 Å². The number of carbonyl (C=O) groups is 1. The first-order valence-electron chi connectivity index (χ1n) is 5.61. The van der Waals surface area contributed by atoms with Gasteiger partial charge in [-0.25, -0.2) is 0 Å². The molecular formula is C12H14ClNO5. The van der Waals surface area contributed by atoms with Crippen molar-refractivity contribution in [3.63, 3.8) is 0 Å². The molecule has 0 saturated carbocycles.